The van der Waals surface area contributed by atoms with E-state index in [9.17, 15) is 4.79 Å². The Bertz CT molecular complexity index is 1160. The minimum atomic E-state index is -1.18. The number of carbonyl (C=O) groups excluding carboxylic acids is 1. The van der Waals surface area contributed by atoms with Crippen LogP contribution in [0, 0.1) is 0 Å². The zero-order valence-electron chi connectivity index (χ0n) is 20.1. The van der Waals surface area contributed by atoms with Crippen LogP contribution in [0.1, 0.15) is 29.4 Å². The number of hydrogen-bond acceptors (Lipinski definition) is 5. The molecule has 1 N–H and O–H groups in total. The topological polar surface area (TPSA) is 78.3 Å². The molecule has 1 aliphatic rings. The van der Waals surface area contributed by atoms with Gasteiger partial charge in [0.05, 0.1) is 30.6 Å². The van der Waals surface area contributed by atoms with Crippen LogP contribution in [0.5, 0.6) is 0 Å². The van der Waals surface area contributed by atoms with Gasteiger partial charge in [0.15, 0.2) is 0 Å². The number of nitrogens with zero attached hydrogens (tertiary/aromatic N) is 3. The molecule has 7 nitrogen and oxygen atoms in total. The minimum Gasteiger partial charge on any atom is -0.453 e. The number of ether oxygens (including phenoxy) is 2. The molecular weight excluding hydrogens is 512 g/mol. The first kappa shape index (κ1) is 24.6. The Morgan fingerprint density at radius 2 is 1.97 bits per heavy atom. The average Bonchev–Trinajstić information content (AvgIpc) is 3.40. The maximum Gasteiger partial charge on any atom is 0.411 e. The van der Waals surface area contributed by atoms with Crippen molar-refractivity contribution in [3.8, 4) is 11.3 Å². The van der Waals surface area contributed by atoms with Crippen molar-refractivity contribution in [2.75, 3.05) is 19.0 Å². The first-order chi connectivity index (χ1) is 16.2. The number of nitrogens with one attached hydrogen (secondary N) is 1. The summed E-state index contributed by atoms with van der Waals surface area (Å²) >= 11 is 3.54. The van der Waals surface area contributed by atoms with Gasteiger partial charge in [-0.1, -0.05) is 31.8 Å². The molecule has 180 valence electrons. The zero-order chi connectivity index (χ0) is 24.3. The number of rotatable bonds is 8. The van der Waals surface area contributed by atoms with E-state index in [1.54, 1.807) is 0 Å². The lowest BCUT2D eigenvalue weighted by atomic mass is 10.1. The van der Waals surface area contributed by atoms with E-state index in [4.69, 9.17) is 14.7 Å². The standard InChI is InChI=1S/C25H31BrN4O3Si/c1-32-25(31)29-20-8-5-17(6-9-20)22-15-28-24(30(22)16-33-11-12-34(2,3)4)21-10-7-18-13-19(26)14-27-23(18)21/h5-6,8-9,13-15,21H,7,10-12,16H2,1-4H3,(H,29,31). The minimum absolute atomic E-state index is 0.137. The molecule has 0 fully saturated rings. The number of halogens is 1. The Morgan fingerprint density at radius 1 is 1.21 bits per heavy atom. The van der Waals surface area contributed by atoms with Gasteiger partial charge >= 0.3 is 6.09 Å². The molecule has 3 aromatic rings. The van der Waals surface area contributed by atoms with Crippen LogP contribution < -0.4 is 5.32 Å². The molecule has 1 aromatic carbocycles. The first-order valence-corrected chi connectivity index (χ1v) is 16.0. The van der Waals surface area contributed by atoms with Crippen molar-refractivity contribution in [1.82, 2.24) is 14.5 Å². The van der Waals surface area contributed by atoms with Gasteiger partial charge < -0.3 is 14.0 Å². The molecule has 1 amide bonds. The van der Waals surface area contributed by atoms with Gasteiger partial charge in [0.2, 0.25) is 0 Å². The second-order valence-corrected chi connectivity index (χ2v) is 16.3. The van der Waals surface area contributed by atoms with Gasteiger partial charge in [-0.2, -0.15) is 0 Å². The molecule has 0 aliphatic heterocycles. The van der Waals surface area contributed by atoms with E-state index in [1.165, 1.54) is 12.7 Å². The quantitative estimate of drug-likeness (QED) is 0.267. The third-order valence-corrected chi connectivity index (χ3v) is 8.17. The maximum atomic E-state index is 11.5. The Kier molecular flexibility index (Phi) is 7.54. The fraction of sp³-hybridized carbons (Fsp3) is 0.400. The number of pyridine rings is 1. The molecule has 4 rings (SSSR count). The van der Waals surface area contributed by atoms with Crippen molar-refractivity contribution in [2.24, 2.45) is 0 Å². The molecule has 0 spiro atoms. The van der Waals surface area contributed by atoms with Crippen LogP contribution >= 0.6 is 15.9 Å². The summed E-state index contributed by atoms with van der Waals surface area (Å²) in [6.07, 6.45) is 5.25. The second kappa shape index (κ2) is 10.4. The van der Waals surface area contributed by atoms with Crippen LogP contribution in [0.3, 0.4) is 0 Å². The molecular formula is C25H31BrN4O3Si. The van der Waals surface area contributed by atoms with Crippen molar-refractivity contribution in [3.05, 3.63) is 64.3 Å². The number of imidazole rings is 1. The highest BCUT2D eigenvalue weighted by atomic mass is 79.9. The van der Waals surface area contributed by atoms with Crippen LogP contribution in [0.25, 0.3) is 11.3 Å². The lowest BCUT2D eigenvalue weighted by molar-refractivity contribution is 0.0857. The van der Waals surface area contributed by atoms with E-state index in [1.807, 2.05) is 36.7 Å². The number of aromatic nitrogens is 3. The molecule has 9 heteroatoms. The predicted octanol–water partition coefficient (Wildman–Crippen LogP) is 6.28. The molecule has 1 atom stereocenters. The van der Waals surface area contributed by atoms with Crippen LogP contribution in [-0.2, 0) is 22.6 Å². The number of benzene rings is 1. The Labute approximate surface area is 210 Å². The summed E-state index contributed by atoms with van der Waals surface area (Å²) in [6.45, 7) is 8.25. The van der Waals surface area contributed by atoms with Crippen LogP contribution in [0.15, 0.2) is 47.2 Å². The van der Waals surface area contributed by atoms with Crippen molar-refractivity contribution >= 4 is 35.8 Å². The fourth-order valence-electron chi connectivity index (χ4n) is 4.16. The van der Waals surface area contributed by atoms with E-state index in [0.29, 0.717) is 12.4 Å². The Morgan fingerprint density at radius 3 is 2.68 bits per heavy atom. The third kappa shape index (κ3) is 5.76. The Balaban J connectivity index is 1.63. The largest absolute Gasteiger partial charge is 0.453 e. The number of anilines is 1. The summed E-state index contributed by atoms with van der Waals surface area (Å²) in [4.78, 5) is 21.1. The number of fused-ring (bicyclic) bond motifs is 1. The predicted molar refractivity (Wildman–Crippen MR) is 140 cm³/mol. The molecule has 0 bridgehead atoms. The molecule has 2 heterocycles. The number of methoxy groups -OCH3 is 1. The van der Waals surface area contributed by atoms with Crippen LogP contribution in [0.2, 0.25) is 25.7 Å². The third-order valence-electron chi connectivity index (χ3n) is 6.03. The molecule has 34 heavy (non-hydrogen) atoms. The highest BCUT2D eigenvalue weighted by Gasteiger charge is 2.30. The van der Waals surface area contributed by atoms with Crippen LogP contribution in [-0.4, -0.2) is 42.4 Å². The molecule has 1 aliphatic carbocycles. The Hall–Kier alpha value is -2.49. The average molecular weight is 544 g/mol. The van der Waals surface area contributed by atoms with Gasteiger partial charge in [-0.25, -0.2) is 9.78 Å². The van der Waals surface area contributed by atoms with Crippen molar-refractivity contribution in [2.45, 2.75) is 51.2 Å². The van der Waals surface area contributed by atoms with Crippen molar-refractivity contribution in [1.29, 1.82) is 0 Å². The number of amides is 1. The zero-order valence-corrected chi connectivity index (χ0v) is 22.7. The monoisotopic (exact) mass is 542 g/mol. The smallest absolute Gasteiger partial charge is 0.411 e. The summed E-state index contributed by atoms with van der Waals surface area (Å²) in [6, 6.07) is 10.9. The van der Waals surface area contributed by atoms with Gasteiger partial charge in [0.1, 0.15) is 12.6 Å². The number of carbonyl (C=O) groups is 1. The molecule has 0 radical (unpaired) electrons. The summed E-state index contributed by atoms with van der Waals surface area (Å²) in [5, 5.41) is 2.69. The SMILES string of the molecule is COC(=O)Nc1ccc(-c2cnc(C3CCc4cc(Br)cnc43)n2COCC[Si](C)(C)C)cc1. The second-order valence-electron chi connectivity index (χ2n) is 9.76. The van der Waals surface area contributed by atoms with Crippen molar-refractivity contribution < 1.29 is 14.3 Å². The van der Waals surface area contributed by atoms with Gasteiger partial charge in [0, 0.05) is 31.0 Å². The van der Waals surface area contributed by atoms with Crippen molar-refractivity contribution in [3.63, 3.8) is 0 Å². The van der Waals surface area contributed by atoms with Gasteiger partial charge in [0.25, 0.3) is 0 Å². The van der Waals surface area contributed by atoms with Gasteiger partial charge in [-0.05, 0) is 64.1 Å². The molecule has 1 unspecified atom stereocenters. The summed E-state index contributed by atoms with van der Waals surface area (Å²) in [5.41, 5.74) is 5.03. The summed E-state index contributed by atoms with van der Waals surface area (Å²) in [5.74, 6) is 1.12. The molecule has 0 saturated carbocycles. The lowest BCUT2D eigenvalue weighted by Gasteiger charge is -2.19. The number of aryl methyl sites for hydroxylation is 1. The fourth-order valence-corrected chi connectivity index (χ4v) is 5.29. The van der Waals surface area contributed by atoms with E-state index in [2.05, 4.69) is 56.3 Å². The van der Waals surface area contributed by atoms with E-state index in [-0.39, 0.29) is 5.92 Å². The highest BCUT2D eigenvalue weighted by Crippen LogP contribution is 2.38. The van der Waals surface area contributed by atoms with E-state index >= 15 is 0 Å². The number of hydrogen-bond donors (Lipinski definition) is 1. The van der Waals surface area contributed by atoms with E-state index in [0.717, 1.165) is 52.7 Å². The highest BCUT2D eigenvalue weighted by molar-refractivity contribution is 9.10. The normalized spacial score (nSPS) is 15.3. The maximum absolute atomic E-state index is 11.5. The van der Waals surface area contributed by atoms with E-state index < -0.39 is 14.2 Å². The lowest BCUT2D eigenvalue weighted by Crippen LogP contribution is -2.22. The van der Waals surface area contributed by atoms with Crippen LogP contribution in [0.4, 0.5) is 10.5 Å². The summed E-state index contributed by atoms with van der Waals surface area (Å²) in [7, 11) is 0.167. The molecule has 2 aromatic heterocycles. The molecule has 0 saturated heterocycles. The summed E-state index contributed by atoms with van der Waals surface area (Å²) < 4.78 is 14.0. The first-order valence-electron chi connectivity index (χ1n) is 11.5. The van der Waals surface area contributed by atoms with Gasteiger partial charge in [-0.15, -0.1) is 0 Å². The van der Waals surface area contributed by atoms with Gasteiger partial charge in [-0.3, -0.25) is 10.3 Å².